The van der Waals surface area contributed by atoms with Gasteiger partial charge in [-0.25, -0.2) is 4.57 Å². The van der Waals surface area contributed by atoms with Crippen LogP contribution in [0, 0.1) is 0 Å². The molecule has 0 heterocycles. The van der Waals surface area contributed by atoms with Crippen LogP contribution in [0.5, 0.6) is 0 Å². The number of carbonyl (C=O) groups excluding carboxylic acids is 2. The van der Waals surface area contributed by atoms with Gasteiger partial charge in [0.2, 0.25) is 0 Å². The minimum absolute atomic E-state index is 0.181. The molecule has 0 aliphatic carbocycles. The lowest BCUT2D eigenvalue weighted by molar-refractivity contribution is -0.153. The zero-order chi connectivity index (χ0) is 34.9. The summed E-state index contributed by atoms with van der Waals surface area (Å²) < 4.78 is 32.1. The maximum absolute atomic E-state index is 12.2. The zero-order valence-corrected chi connectivity index (χ0v) is 30.9. The number of hydrogen-bond acceptors (Lipinski definition) is 9. The summed E-state index contributed by atoms with van der Waals surface area (Å²) in [6, 6.07) is 0. The fourth-order valence-electron chi connectivity index (χ4n) is 5.35. The van der Waals surface area contributed by atoms with E-state index in [4.69, 9.17) is 18.5 Å². The van der Waals surface area contributed by atoms with Gasteiger partial charge in [-0.3, -0.25) is 18.6 Å². The molecule has 0 aromatic rings. The third-order valence-corrected chi connectivity index (χ3v) is 9.27. The molecule has 10 nitrogen and oxygen atoms in total. The summed E-state index contributed by atoms with van der Waals surface area (Å²) in [5.74, 6) is -1.04. The number of rotatable bonds is 36. The number of aliphatic hydroxyl groups excluding tert-OH is 2. The maximum atomic E-state index is 12.2. The molecule has 280 valence electrons. The normalized spacial score (nSPS) is 14.1. The van der Waals surface area contributed by atoms with Crippen molar-refractivity contribution in [3.05, 3.63) is 0 Å². The molecular formula is C36H71O10P. The lowest BCUT2D eigenvalue weighted by Gasteiger charge is -2.20. The SMILES string of the molecule is CCCCCCCCCCCCCCCCCCCCCCCC(=O)OC(CO)COP(=O)(O)OCC(CO)OC(=O)CCCCC. The molecule has 0 spiro atoms. The van der Waals surface area contributed by atoms with E-state index in [1.165, 1.54) is 109 Å². The first-order valence-corrected chi connectivity index (χ1v) is 20.5. The van der Waals surface area contributed by atoms with Crippen LogP contribution in [0.25, 0.3) is 0 Å². The fraction of sp³-hybridized carbons (Fsp3) is 0.944. The van der Waals surface area contributed by atoms with Crippen LogP contribution in [-0.4, -0.2) is 65.7 Å². The predicted octanol–water partition coefficient (Wildman–Crippen LogP) is 9.11. The second kappa shape index (κ2) is 33.5. The van der Waals surface area contributed by atoms with E-state index < -0.39 is 58.4 Å². The van der Waals surface area contributed by atoms with Gasteiger partial charge in [-0.2, -0.15) is 0 Å². The molecule has 0 saturated carbocycles. The molecule has 0 rings (SSSR count). The lowest BCUT2D eigenvalue weighted by atomic mass is 10.0. The summed E-state index contributed by atoms with van der Waals surface area (Å²) in [4.78, 5) is 33.9. The minimum Gasteiger partial charge on any atom is -0.457 e. The van der Waals surface area contributed by atoms with Crippen molar-refractivity contribution in [1.82, 2.24) is 0 Å². The van der Waals surface area contributed by atoms with Gasteiger partial charge >= 0.3 is 19.8 Å². The first-order chi connectivity index (χ1) is 22.8. The Hall–Kier alpha value is -1.03. The van der Waals surface area contributed by atoms with Crippen molar-refractivity contribution in [3.8, 4) is 0 Å². The fourth-order valence-corrected chi connectivity index (χ4v) is 6.13. The molecule has 11 heteroatoms. The van der Waals surface area contributed by atoms with Gasteiger partial charge in [-0.15, -0.1) is 0 Å². The summed E-state index contributed by atoms with van der Waals surface area (Å²) in [5.41, 5.74) is 0. The van der Waals surface area contributed by atoms with Gasteiger partial charge in [0.1, 0.15) is 12.2 Å². The summed E-state index contributed by atoms with van der Waals surface area (Å²) in [7, 11) is -4.60. The third kappa shape index (κ3) is 32.0. The molecular weight excluding hydrogens is 623 g/mol. The van der Waals surface area contributed by atoms with Crippen molar-refractivity contribution in [3.63, 3.8) is 0 Å². The number of unbranched alkanes of at least 4 members (excludes halogenated alkanes) is 22. The largest absolute Gasteiger partial charge is 0.472 e. The van der Waals surface area contributed by atoms with Gasteiger partial charge in [0.25, 0.3) is 0 Å². The topological polar surface area (TPSA) is 149 Å². The first-order valence-electron chi connectivity index (χ1n) is 19.0. The van der Waals surface area contributed by atoms with Crippen LogP contribution in [0.4, 0.5) is 0 Å². The van der Waals surface area contributed by atoms with Gasteiger partial charge in [0.15, 0.2) is 0 Å². The number of esters is 2. The zero-order valence-electron chi connectivity index (χ0n) is 30.0. The first kappa shape index (κ1) is 46.0. The highest BCUT2D eigenvalue weighted by Gasteiger charge is 2.27. The Kier molecular flexibility index (Phi) is 32.7. The summed E-state index contributed by atoms with van der Waals surface area (Å²) in [5, 5.41) is 18.9. The van der Waals surface area contributed by atoms with E-state index in [1.54, 1.807) is 0 Å². The van der Waals surface area contributed by atoms with E-state index in [2.05, 4.69) is 6.92 Å². The number of hydrogen-bond donors (Lipinski definition) is 3. The van der Waals surface area contributed by atoms with Crippen molar-refractivity contribution in [1.29, 1.82) is 0 Å². The molecule has 0 aromatic carbocycles. The molecule has 0 aliphatic heterocycles. The van der Waals surface area contributed by atoms with Crippen LogP contribution in [0.3, 0.4) is 0 Å². The Morgan fingerprint density at radius 2 is 0.745 bits per heavy atom. The molecule has 3 atom stereocenters. The number of phosphoric acid groups is 1. The molecule has 3 unspecified atom stereocenters. The average Bonchev–Trinajstić information content (AvgIpc) is 3.05. The number of ether oxygens (including phenoxy) is 2. The molecule has 0 bridgehead atoms. The lowest BCUT2D eigenvalue weighted by Crippen LogP contribution is -2.28. The van der Waals surface area contributed by atoms with E-state index in [-0.39, 0.29) is 12.8 Å². The van der Waals surface area contributed by atoms with E-state index in [0.717, 1.165) is 32.1 Å². The van der Waals surface area contributed by atoms with Gasteiger partial charge in [-0.1, -0.05) is 155 Å². The van der Waals surface area contributed by atoms with E-state index in [9.17, 15) is 29.3 Å². The molecule has 0 radical (unpaired) electrons. The Bertz CT molecular complexity index is 766. The maximum Gasteiger partial charge on any atom is 0.472 e. The molecule has 0 aromatic heterocycles. The molecule has 0 fully saturated rings. The summed E-state index contributed by atoms with van der Waals surface area (Å²) >= 11 is 0. The summed E-state index contributed by atoms with van der Waals surface area (Å²) in [6.07, 6.45) is 27.7. The van der Waals surface area contributed by atoms with E-state index in [1.807, 2.05) is 6.92 Å². The number of aliphatic hydroxyl groups is 2. The van der Waals surface area contributed by atoms with E-state index in [0.29, 0.717) is 12.8 Å². The number of carbonyl (C=O) groups is 2. The van der Waals surface area contributed by atoms with Crippen molar-refractivity contribution < 1.29 is 47.8 Å². The Morgan fingerprint density at radius 1 is 0.489 bits per heavy atom. The number of phosphoric ester groups is 1. The Labute approximate surface area is 286 Å². The van der Waals surface area contributed by atoms with Gasteiger partial charge in [0.05, 0.1) is 26.4 Å². The monoisotopic (exact) mass is 694 g/mol. The van der Waals surface area contributed by atoms with Crippen LogP contribution in [0.2, 0.25) is 0 Å². The van der Waals surface area contributed by atoms with Crippen molar-refractivity contribution in [2.45, 2.75) is 193 Å². The second-order valence-electron chi connectivity index (χ2n) is 12.9. The second-order valence-corrected chi connectivity index (χ2v) is 14.4. The standard InChI is InChI=1S/C36H71O10P/c1-3-5-7-8-9-10-11-12-13-14-15-16-17-18-19-20-21-22-23-24-26-28-36(40)46-34(30-38)32-44-47(41,42)43-31-33(29-37)45-35(39)27-25-6-4-2/h33-34,37-38H,3-32H2,1-2H3,(H,41,42). The van der Waals surface area contributed by atoms with Crippen molar-refractivity contribution in [2.75, 3.05) is 26.4 Å². The molecule has 0 amide bonds. The Balaban J connectivity index is 3.74. The summed E-state index contributed by atoms with van der Waals surface area (Å²) in [6.45, 7) is 2.01. The molecule has 47 heavy (non-hydrogen) atoms. The average molecular weight is 695 g/mol. The van der Waals surface area contributed by atoms with E-state index >= 15 is 0 Å². The third-order valence-electron chi connectivity index (χ3n) is 8.32. The highest BCUT2D eigenvalue weighted by atomic mass is 31.2. The van der Waals surface area contributed by atoms with Crippen LogP contribution in [-0.2, 0) is 32.7 Å². The van der Waals surface area contributed by atoms with Crippen LogP contribution in [0.1, 0.15) is 181 Å². The van der Waals surface area contributed by atoms with Crippen molar-refractivity contribution >= 4 is 19.8 Å². The van der Waals surface area contributed by atoms with Gasteiger partial charge in [0, 0.05) is 12.8 Å². The molecule has 3 N–H and O–H groups in total. The van der Waals surface area contributed by atoms with Crippen molar-refractivity contribution in [2.24, 2.45) is 0 Å². The predicted molar refractivity (Wildman–Crippen MR) is 187 cm³/mol. The van der Waals surface area contributed by atoms with Crippen LogP contribution >= 0.6 is 7.82 Å². The van der Waals surface area contributed by atoms with Gasteiger partial charge < -0.3 is 24.6 Å². The highest BCUT2D eigenvalue weighted by Crippen LogP contribution is 2.43. The quantitative estimate of drug-likeness (QED) is 0.0329. The Morgan fingerprint density at radius 3 is 1.04 bits per heavy atom. The van der Waals surface area contributed by atoms with Crippen LogP contribution in [0.15, 0.2) is 0 Å². The molecule has 0 aliphatic rings. The van der Waals surface area contributed by atoms with Gasteiger partial charge in [-0.05, 0) is 12.8 Å². The minimum atomic E-state index is -4.60. The smallest absolute Gasteiger partial charge is 0.457 e. The van der Waals surface area contributed by atoms with Crippen LogP contribution < -0.4 is 0 Å². The highest BCUT2D eigenvalue weighted by molar-refractivity contribution is 7.47. The molecule has 0 saturated heterocycles.